The molecule has 108 valence electrons. The Bertz CT molecular complexity index is 412. The van der Waals surface area contributed by atoms with Gasteiger partial charge in [-0.25, -0.2) is 4.79 Å². The Labute approximate surface area is 116 Å². The third kappa shape index (κ3) is 1.78. The lowest BCUT2D eigenvalue weighted by Crippen LogP contribution is -2.51. The second kappa shape index (κ2) is 4.34. The van der Waals surface area contributed by atoms with Gasteiger partial charge in [-0.05, 0) is 30.6 Å². The van der Waals surface area contributed by atoms with Crippen LogP contribution in [0.25, 0.3) is 0 Å². The van der Waals surface area contributed by atoms with Gasteiger partial charge in [-0.2, -0.15) is 0 Å². The van der Waals surface area contributed by atoms with Crippen molar-refractivity contribution in [2.24, 2.45) is 22.7 Å². The summed E-state index contributed by atoms with van der Waals surface area (Å²) in [6.07, 6.45) is 6.35. The molecular formula is C16H26O3. The molecule has 1 N–H and O–H groups in total. The smallest absolute Gasteiger partial charge is 0.330 e. The molecule has 0 amide bonds. The zero-order chi connectivity index (χ0) is 14.5. The largest absolute Gasteiger partial charge is 0.466 e. The summed E-state index contributed by atoms with van der Waals surface area (Å²) in [5.41, 5.74) is -0.635. The lowest BCUT2D eigenvalue weighted by Gasteiger charge is -2.48. The molecule has 2 saturated carbocycles. The summed E-state index contributed by atoms with van der Waals surface area (Å²) in [6.45, 7) is 8.77. The highest BCUT2D eigenvalue weighted by Gasteiger charge is 2.69. The Kier molecular flexibility index (Phi) is 3.33. The average molecular weight is 266 g/mol. The average Bonchev–Trinajstić information content (AvgIpc) is 2.67. The second-order valence-corrected chi connectivity index (χ2v) is 7.09. The summed E-state index contributed by atoms with van der Waals surface area (Å²) < 4.78 is 4.62. The molecule has 0 heterocycles. The van der Waals surface area contributed by atoms with Crippen LogP contribution in [-0.2, 0) is 9.53 Å². The van der Waals surface area contributed by atoms with E-state index in [9.17, 15) is 9.90 Å². The van der Waals surface area contributed by atoms with Crippen molar-refractivity contribution >= 4 is 5.97 Å². The monoisotopic (exact) mass is 266 g/mol. The third-order valence-electron chi connectivity index (χ3n) is 6.42. The number of hydrogen-bond acceptors (Lipinski definition) is 3. The minimum absolute atomic E-state index is 0.0406. The van der Waals surface area contributed by atoms with Crippen molar-refractivity contribution < 1.29 is 14.6 Å². The van der Waals surface area contributed by atoms with Crippen LogP contribution in [0, 0.1) is 22.7 Å². The van der Waals surface area contributed by atoms with Crippen molar-refractivity contribution in [3.63, 3.8) is 0 Å². The van der Waals surface area contributed by atoms with Gasteiger partial charge in [-0.15, -0.1) is 0 Å². The van der Waals surface area contributed by atoms with Gasteiger partial charge in [0.1, 0.15) is 0 Å². The first-order valence-corrected chi connectivity index (χ1v) is 7.17. The molecule has 0 aromatic rings. The molecule has 2 rings (SSSR count). The molecule has 0 aliphatic heterocycles. The molecule has 0 spiro atoms. The van der Waals surface area contributed by atoms with E-state index in [1.807, 2.05) is 6.92 Å². The molecule has 0 saturated heterocycles. The van der Waals surface area contributed by atoms with Gasteiger partial charge in [0, 0.05) is 17.4 Å². The molecule has 3 heteroatoms. The number of fused-ring (bicyclic) bond motifs is 2. The van der Waals surface area contributed by atoms with Crippen molar-refractivity contribution in [1.82, 2.24) is 0 Å². The number of carbonyl (C=O) groups excluding carboxylic acids is 1. The normalized spacial score (nSPS) is 41.7. The van der Waals surface area contributed by atoms with Crippen LogP contribution in [0.1, 0.15) is 47.0 Å². The topological polar surface area (TPSA) is 46.5 Å². The van der Waals surface area contributed by atoms with Gasteiger partial charge in [-0.3, -0.25) is 0 Å². The molecule has 2 aliphatic rings. The summed E-state index contributed by atoms with van der Waals surface area (Å²) in [5, 5.41) is 11.2. The second-order valence-electron chi connectivity index (χ2n) is 7.09. The molecule has 0 aromatic carbocycles. The van der Waals surface area contributed by atoms with Gasteiger partial charge in [-0.1, -0.05) is 33.8 Å². The van der Waals surface area contributed by atoms with Crippen molar-refractivity contribution in [2.75, 3.05) is 7.11 Å². The summed E-state index contributed by atoms with van der Waals surface area (Å²) in [4.78, 5) is 11.2. The Hall–Kier alpha value is -0.830. The molecule has 0 radical (unpaired) electrons. The van der Waals surface area contributed by atoms with Crippen LogP contribution in [0.2, 0.25) is 0 Å². The predicted molar refractivity (Wildman–Crippen MR) is 74.5 cm³/mol. The van der Waals surface area contributed by atoms with Gasteiger partial charge >= 0.3 is 5.97 Å². The standard InChI is InChI=1S/C16H26O3/c1-11(6-7-13(17)19-5)16(18)10-12-8-9-15(16,4)14(12,2)3/h6-7,11-12,18H,8-10H2,1-5H3/b7-6+/t11?,12-,15-,16-/m0/s1. The highest BCUT2D eigenvalue weighted by Crippen LogP contribution is 2.71. The molecule has 0 aromatic heterocycles. The van der Waals surface area contributed by atoms with Crippen LogP contribution < -0.4 is 0 Å². The summed E-state index contributed by atoms with van der Waals surface area (Å²) in [7, 11) is 1.37. The highest BCUT2D eigenvalue weighted by atomic mass is 16.5. The Morgan fingerprint density at radius 1 is 1.42 bits per heavy atom. The van der Waals surface area contributed by atoms with E-state index in [1.165, 1.54) is 19.6 Å². The van der Waals surface area contributed by atoms with Crippen LogP contribution in [0.3, 0.4) is 0 Å². The molecular weight excluding hydrogens is 240 g/mol. The summed E-state index contributed by atoms with van der Waals surface area (Å²) in [5.74, 6) is 0.181. The van der Waals surface area contributed by atoms with Gasteiger partial charge in [0.25, 0.3) is 0 Å². The number of carbonyl (C=O) groups is 1. The molecule has 2 fully saturated rings. The lowest BCUT2D eigenvalue weighted by atomic mass is 9.61. The van der Waals surface area contributed by atoms with Crippen molar-refractivity contribution in [1.29, 1.82) is 0 Å². The zero-order valence-electron chi connectivity index (χ0n) is 12.7. The van der Waals surface area contributed by atoms with E-state index in [1.54, 1.807) is 6.08 Å². The maximum absolute atomic E-state index is 11.2. The molecule has 3 nitrogen and oxygen atoms in total. The van der Waals surface area contributed by atoms with Crippen molar-refractivity contribution in [3.05, 3.63) is 12.2 Å². The summed E-state index contributed by atoms with van der Waals surface area (Å²) in [6, 6.07) is 0. The zero-order valence-corrected chi connectivity index (χ0v) is 12.7. The minimum atomic E-state index is -0.718. The molecule has 2 bridgehead atoms. The minimum Gasteiger partial charge on any atom is -0.466 e. The van der Waals surface area contributed by atoms with Crippen molar-refractivity contribution in [2.45, 2.75) is 52.6 Å². The van der Waals surface area contributed by atoms with Crippen LogP contribution >= 0.6 is 0 Å². The van der Waals surface area contributed by atoms with Gasteiger partial charge in [0.05, 0.1) is 12.7 Å². The van der Waals surface area contributed by atoms with Crippen LogP contribution in [-0.4, -0.2) is 23.8 Å². The quantitative estimate of drug-likeness (QED) is 0.631. The fourth-order valence-corrected chi connectivity index (χ4v) is 4.47. The number of rotatable bonds is 3. The Morgan fingerprint density at radius 3 is 2.47 bits per heavy atom. The lowest BCUT2D eigenvalue weighted by molar-refractivity contribution is -0.135. The fourth-order valence-electron chi connectivity index (χ4n) is 4.47. The Morgan fingerprint density at radius 2 is 2.05 bits per heavy atom. The van der Waals surface area contributed by atoms with E-state index in [0.717, 1.165) is 12.8 Å². The highest BCUT2D eigenvalue weighted by molar-refractivity contribution is 5.81. The van der Waals surface area contributed by atoms with Crippen LogP contribution in [0.5, 0.6) is 0 Å². The SMILES string of the molecule is COC(=O)/C=C/C(C)[C@@]1(O)C[C@@H]2CC[C@@]1(C)C2(C)C. The predicted octanol–water partition coefficient (Wildman–Crippen LogP) is 2.93. The molecule has 4 atom stereocenters. The maximum Gasteiger partial charge on any atom is 0.330 e. The van der Waals surface area contributed by atoms with Gasteiger partial charge in [0.15, 0.2) is 0 Å². The van der Waals surface area contributed by atoms with Crippen molar-refractivity contribution in [3.8, 4) is 0 Å². The number of methoxy groups -OCH3 is 1. The summed E-state index contributed by atoms with van der Waals surface area (Å²) >= 11 is 0. The van der Waals surface area contributed by atoms with E-state index in [-0.39, 0.29) is 22.7 Å². The first-order chi connectivity index (χ1) is 8.69. The van der Waals surface area contributed by atoms with Gasteiger partial charge < -0.3 is 9.84 Å². The van der Waals surface area contributed by atoms with E-state index in [0.29, 0.717) is 5.92 Å². The third-order valence-corrected chi connectivity index (χ3v) is 6.42. The first-order valence-electron chi connectivity index (χ1n) is 7.17. The van der Waals surface area contributed by atoms with E-state index in [2.05, 4.69) is 25.5 Å². The number of ether oxygens (including phenoxy) is 1. The number of hydrogen-bond donors (Lipinski definition) is 1. The van der Waals surface area contributed by atoms with E-state index >= 15 is 0 Å². The molecule has 2 aliphatic carbocycles. The number of aliphatic hydroxyl groups is 1. The Balaban J connectivity index is 2.25. The molecule has 1 unspecified atom stereocenters. The van der Waals surface area contributed by atoms with E-state index in [4.69, 9.17) is 0 Å². The number of esters is 1. The fraction of sp³-hybridized carbons (Fsp3) is 0.812. The van der Waals surface area contributed by atoms with Crippen LogP contribution in [0.4, 0.5) is 0 Å². The van der Waals surface area contributed by atoms with E-state index < -0.39 is 5.60 Å². The first kappa shape index (κ1) is 14.6. The molecule has 19 heavy (non-hydrogen) atoms. The van der Waals surface area contributed by atoms with Gasteiger partial charge in [0.2, 0.25) is 0 Å². The van der Waals surface area contributed by atoms with Crippen LogP contribution in [0.15, 0.2) is 12.2 Å². The maximum atomic E-state index is 11.2.